The average molecular weight is 308 g/mol. The second kappa shape index (κ2) is 6.29. The number of methoxy groups -OCH3 is 1. The molecule has 0 amide bonds. The Morgan fingerprint density at radius 2 is 1.87 bits per heavy atom. The van der Waals surface area contributed by atoms with Crippen molar-refractivity contribution in [3.05, 3.63) is 64.7 Å². The standard InChI is InChI=1S/C20H20O3/c1-13(2)23-18-9-8-14(11-19(18)22-3)10-16-12-15-6-4-5-7-17(15)20(16)21/h4-11,13H,12H2,1-3H3/b16-10+. The molecule has 0 bridgehead atoms. The van der Waals surface area contributed by atoms with Gasteiger partial charge in [-0.05, 0) is 43.2 Å². The van der Waals surface area contributed by atoms with Crippen LogP contribution in [-0.4, -0.2) is 19.0 Å². The van der Waals surface area contributed by atoms with Crippen LogP contribution in [0.4, 0.5) is 0 Å². The van der Waals surface area contributed by atoms with E-state index >= 15 is 0 Å². The molecule has 0 unspecified atom stereocenters. The molecule has 3 heteroatoms. The van der Waals surface area contributed by atoms with Crippen LogP contribution in [0.15, 0.2) is 48.0 Å². The van der Waals surface area contributed by atoms with E-state index in [0.29, 0.717) is 17.9 Å². The predicted molar refractivity (Wildman–Crippen MR) is 91.2 cm³/mol. The number of ether oxygens (including phenoxy) is 2. The molecule has 0 saturated carbocycles. The molecule has 0 radical (unpaired) electrons. The smallest absolute Gasteiger partial charge is 0.189 e. The zero-order valence-corrected chi connectivity index (χ0v) is 13.6. The van der Waals surface area contributed by atoms with Gasteiger partial charge in [0.25, 0.3) is 0 Å². The van der Waals surface area contributed by atoms with Crippen LogP contribution < -0.4 is 9.47 Å². The largest absolute Gasteiger partial charge is 0.493 e. The first-order valence-corrected chi connectivity index (χ1v) is 7.76. The van der Waals surface area contributed by atoms with Crippen LogP contribution in [0.3, 0.4) is 0 Å². The van der Waals surface area contributed by atoms with Gasteiger partial charge in [0.2, 0.25) is 0 Å². The number of benzene rings is 2. The van der Waals surface area contributed by atoms with E-state index in [1.807, 2.05) is 62.4 Å². The summed E-state index contributed by atoms with van der Waals surface area (Å²) in [6.07, 6.45) is 2.70. The number of carbonyl (C=O) groups excluding carboxylic acids is 1. The van der Waals surface area contributed by atoms with Crippen LogP contribution >= 0.6 is 0 Å². The van der Waals surface area contributed by atoms with Crippen molar-refractivity contribution in [2.75, 3.05) is 7.11 Å². The maximum Gasteiger partial charge on any atom is 0.189 e. The molecule has 2 aromatic rings. The summed E-state index contributed by atoms with van der Waals surface area (Å²) in [5.74, 6) is 1.50. The van der Waals surface area contributed by atoms with Gasteiger partial charge >= 0.3 is 0 Å². The molecular weight excluding hydrogens is 288 g/mol. The van der Waals surface area contributed by atoms with Crippen molar-refractivity contribution >= 4 is 11.9 Å². The summed E-state index contributed by atoms with van der Waals surface area (Å²) in [7, 11) is 1.62. The highest BCUT2D eigenvalue weighted by Gasteiger charge is 2.24. The van der Waals surface area contributed by atoms with Crippen LogP contribution in [-0.2, 0) is 6.42 Å². The minimum absolute atomic E-state index is 0.0824. The van der Waals surface area contributed by atoms with Crippen molar-refractivity contribution in [1.82, 2.24) is 0 Å². The summed E-state index contributed by atoms with van der Waals surface area (Å²) in [6, 6.07) is 13.5. The van der Waals surface area contributed by atoms with E-state index in [2.05, 4.69) is 0 Å². The Hall–Kier alpha value is -2.55. The molecule has 118 valence electrons. The second-order valence-electron chi connectivity index (χ2n) is 5.91. The Balaban J connectivity index is 1.90. The van der Waals surface area contributed by atoms with Gasteiger partial charge in [0.05, 0.1) is 13.2 Å². The molecule has 3 nitrogen and oxygen atoms in total. The van der Waals surface area contributed by atoms with Gasteiger partial charge in [0, 0.05) is 17.6 Å². The Labute approximate surface area is 136 Å². The van der Waals surface area contributed by atoms with Crippen molar-refractivity contribution in [3.63, 3.8) is 0 Å². The van der Waals surface area contributed by atoms with E-state index in [-0.39, 0.29) is 11.9 Å². The molecule has 0 heterocycles. The number of hydrogen-bond donors (Lipinski definition) is 0. The quantitative estimate of drug-likeness (QED) is 0.790. The lowest BCUT2D eigenvalue weighted by molar-refractivity contribution is 0.104. The third-order valence-electron chi connectivity index (χ3n) is 3.83. The highest BCUT2D eigenvalue weighted by molar-refractivity contribution is 6.15. The van der Waals surface area contributed by atoms with Crippen molar-refractivity contribution in [2.24, 2.45) is 0 Å². The normalized spacial score (nSPS) is 15.1. The van der Waals surface area contributed by atoms with Crippen molar-refractivity contribution in [3.8, 4) is 11.5 Å². The number of rotatable bonds is 4. The maximum absolute atomic E-state index is 12.4. The fourth-order valence-corrected chi connectivity index (χ4v) is 2.80. The van der Waals surface area contributed by atoms with Gasteiger partial charge in [0.15, 0.2) is 17.3 Å². The summed E-state index contributed by atoms with van der Waals surface area (Å²) >= 11 is 0. The van der Waals surface area contributed by atoms with Crippen LogP contribution in [0.1, 0.15) is 35.3 Å². The highest BCUT2D eigenvalue weighted by Crippen LogP contribution is 2.32. The van der Waals surface area contributed by atoms with E-state index in [4.69, 9.17) is 9.47 Å². The molecule has 3 rings (SSSR count). The molecule has 1 aliphatic carbocycles. The van der Waals surface area contributed by atoms with Gasteiger partial charge in [-0.25, -0.2) is 0 Å². The maximum atomic E-state index is 12.4. The summed E-state index contributed by atoms with van der Waals surface area (Å²) < 4.78 is 11.1. The molecule has 0 saturated heterocycles. The number of hydrogen-bond acceptors (Lipinski definition) is 3. The zero-order chi connectivity index (χ0) is 16.4. The van der Waals surface area contributed by atoms with Gasteiger partial charge < -0.3 is 9.47 Å². The van der Waals surface area contributed by atoms with Gasteiger partial charge in [-0.1, -0.05) is 30.3 Å². The number of carbonyl (C=O) groups is 1. The van der Waals surface area contributed by atoms with Crippen LogP contribution in [0.25, 0.3) is 6.08 Å². The van der Waals surface area contributed by atoms with E-state index in [9.17, 15) is 4.79 Å². The minimum atomic E-state index is 0.0824. The molecule has 0 aromatic heterocycles. The summed E-state index contributed by atoms with van der Waals surface area (Å²) in [5.41, 5.74) is 3.65. The molecular formula is C20H20O3. The first-order valence-electron chi connectivity index (χ1n) is 7.76. The Bertz CT molecular complexity index is 772. The Morgan fingerprint density at radius 3 is 2.57 bits per heavy atom. The predicted octanol–water partition coefficient (Wildman–Crippen LogP) is 4.30. The summed E-state index contributed by atoms with van der Waals surface area (Å²) in [6.45, 7) is 3.95. The van der Waals surface area contributed by atoms with E-state index in [1.165, 1.54) is 0 Å². The lowest BCUT2D eigenvalue weighted by Crippen LogP contribution is -2.06. The molecule has 1 aliphatic rings. The van der Waals surface area contributed by atoms with E-state index < -0.39 is 0 Å². The molecule has 0 spiro atoms. The van der Waals surface area contributed by atoms with Crippen LogP contribution in [0.2, 0.25) is 0 Å². The third-order valence-corrected chi connectivity index (χ3v) is 3.83. The number of allylic oxidation sites excluding steroid dienone is 1. The van der Waals surface area contributed by atoms with Gasteiger partial charge in [-0.15, -0.1) is 0 Å². The monoisotopic (exact) mass is 308 g/mol. The number of Topliss-reactive ketones (excluding diaryl/α,β-unsaturated/α-hetero) is 1. The Kier molecular flexibility index (Phi) is 4.20. The first kappa shape index (κ1) is 15.3. The van der Waals surface area contributed by atoms with Crippen molar-refractivity contribution < 1.29 is 14.3 Å². The molecule has 0 atom stereocenters. The Morgan fingerprint density at radius 1 is 1.09 bits per heavy atom. The SMILES string of the molecule is COc1cc(/C=C2\Cc3ccccc3C2=O)ccc1OC(C)C. The first-order chi connectivity index (χ1) is 11.1. The van der Waals surface area contributed by atoms with Crippen LogP contribution in [0.5, 0.6) is 11.5 Å². The lowest BCUT2D eigenvalue weighted by atomic mass is 10.1. The highest BCUT2D eigenvalue weighted by atomic mass is 16.5. The van der Waals surface area contributed by atoms with Gasteiger partial charge in [-0.3, -0.25) is 4.79 Å². The lowest BCUT2D eigenvalue weighted by Gasteiger charge is -2.13. The molecule has 0 fully saturated rings. The van der Waals surface area contributed by atoms with Crippen molar-refractivity contribution in [2.45, 2.75) is 26.4 Å². The zero-order valence-electron chi connectivity index (χ0n) is 13.6. The second-order valence-corrected chi connectivity index (χ2v) is 5.91. The molecule has 23 heavy (non-hydrogen) atoms. The van der Waals surface area contributed by atoms with Crippen molar-refractivity contribution in [1.29, 1.82) is 0 Å². The summed E-state index contributed by atoms with van der Waals surface area (Å²) in [4.78, 5) is 12.4. The minimum Gasteiger partial charge on any atom is -0.493 e. The van der Waals surface area contributed by atoms with Gasteiger partial charge in [0.1, 0.15) is 0 Å². The molecule has 0 N–H and O–H groups in total. The fourth-order valence-electron chi connectivity index (χ4n) is 2.80. The molecule has 2 aromatic carbocycles. The third kappa shape index (κ3) is 3.14. The van der Waals surface area contributed by atoms with E-state index in [1.54, 1.807) is 7.11 Å². The van der Waals surface area contributed by atoms with Gasteiger partial charge in [-0.2, -0.15) is 0 Å². The summed E-state index contributed by atoms with van der Waals surface area (Å²) in [5, 5.41) is 0. The van der Waals surface area contributed by atoms with Crippen LogP contribution in [0, 0.1) is 0 Å². The topological polar surface area (TPSA) is 35.5 Å². The fraction of sp³-hybridized carbons (Fsp3) is 0.250. The molecule has 0 aliphatic heterocycles. The number of fused-ring (bicyclic) bond motifs is 1. The average Bonchev–Trinajstić information content (AvgIpc) is 2.85. The van der Waals surface area contributed by atoms with E-state index in [0.717, 1.165) is 22.3 Å². The number of ketones is 1.